The highest BCUT2D eigenvalue weighted by atomic mass is 19.1. The minimum Gasteiger partial charge on any atom is -0.366 e. The van der Waals surface area contributed by atoms with Crippen molar-refractivity contribution in [3.8, 4) is 0 Å². The number of nitrogens with zero attached hydrogens (tertiary/aromatic N) is 6. The number of ether oxygens (including phenoxy) is 1. The molecule has 0 spiro atoms. The Hall–Kier alpha value is -2.00. The van der Waals surface area contributed by atoms with Crippen LogP contribution in [0.5, 0.6) is 0 Å². The van der Waals surface area contributed by atoms with Crippen molar-refractivity contribution < 1.29 is 13.9 Å². The lowest BCUT2D eigenvalue weighted by molar-refractivity contribution is -0.147. The van der Waals surface area contributed by atoms with E-state index < -0.39 is 12.3 Å². The number of morpholine rings is 1. The largest absolute Gasteiger partial charge is 0.366 e. The van der Waals surface area contributed by atoms with Crippen LogP contribution in [0.2, 0.25) is 0 Å². The second-order valence-electron chi connectivity index (χ2n) is 7.59. The molecule has 3 atom stereocenters. The summed E-state index contributed by atoms with van der Waals surface area (Å²) in [6.07, 6.45) is 0.670. The Labute approximate surface area is 159 Å². The van der Waals surface area contributed by atoms with Crippen LogP contribution in [-0.4, -0.2) is 105 Å². The molecule has 150 valence electrons. The van der Waals surface area contributed by atoms with Gasteiger partial charge in [-0.05, 0) is 13.1 Å². The highest BCUT2D eigenvalue weighted by Gasteiger charge is 2.36. The lowest BCUT2D eigenvalue weighted by atomic mass is 10.1. The second-order valence-corrected chi connectivity index (χ2v) is 7.59. The van der Waals surface area contributed by atoms with Gasteiger partial charge < -0.3 is 24.3 Å². The van der Waals surface area contributed by atoms with E-state index in [1.807, 2.05) is 30.9 Å². The van der Waals surface area contributed by atoms with E-state index >= 15 is 0 Å². The van der Waals surface area contributed by atoms with Gasteiger partial charge in [0.2, 0.25) is 5.95 Å². The van der Waals surface area contributed by atoms with Crippen LogP contribution in [0.25, 0.3) is 0 Å². The van der Waals surface area contributed by atoms with Crippen molar-refractivity contribution in [3.05, 3.63) is 12.3 Å². The summed E-state index contributed by atoms with van der Waals surface area (Å²) in [7, 11) is 7.47. The van der Waals surface area contributed by atoms with E-state index in [1.54, 1.807) is 24.2 Å². The number of carbonyl (C=O) groups excluding carboxylic acids is 1. The van der Waals surface area contributed by atoms with Crippen LogP contribution in [0.3, 0.4) is 0 Å². The van der Waals surface area contributed by atoms with Crippen LogP contribution in [0.1, 0.15) is 6.42 Å². The van der Waals surface area contributed by atoms with Gasteiger partial charge in [-0.3, -0.25) is 4.79 Å². The number of halogens is 1. The van der Waals surface area contributed by atoms with Crippen molar-refractivity contribution >= 4 is 17.7 Å². The quantitative estimate of drug-likeness (QED) is 0.725. The van der Waals surface area contributed by atoms with Crippen molar-refractivity contribution in [1.82, 2.24) is 19.8 Å². The van der Waals surface area contributed by atoms with Gasteiger partial charge >= 0.3 is 0 Å². The Kier molecular flexibility index (Phi) is 6.11. The molecule has 0 aromatic carbocycles. The molecule has 9 heteroatoms. The standard InChI is InChI=1S/C18H29FN6O2/c1-22(2)18-20-6-5-16(21-18)25-10-13(19)9-14(25)11-24(4)17(26)15-12-23(3)7-8-27-15/h5-6,13-15H,7-12H2,1-4H3/t13-,14-,15?/m0/s1. The van der Waals surface area contributed by atoms with Crippen LogP contribution in [0.15, 0.2) is 12.3 Å². The molecule has 0 N–H and O–H groups in total. The Bertz CT molecular complexity index is 660. The molecule has 0 aliphatic carbocycles. The van der Waals surface area contributed by atoms with Crippen LogP contribution in [0.4, 0.5) is 16.2 Å². The molecule has 8 nitrogen and oxygen atoms in total. The molecule has 1 aromatic heterocycles. The van der Waals surface area contributed by atoms with Gasteiger partial charge in [-0.2, -0.15) is 4.98 Å². The number of anilines is 2. The number of alkyl halides is 1. The molecule has 0 saturated carbocycles. The summed E-state index contributed by atoms with van der Waals surface area (Å²) >= 11 is 0. The summed E-state index contributed by atoms with van der Waals surface area (Å²) in [6.45, 7) is 2.68. The average Bonchev–Trinajstić information content (AvgIpc) is 3.01. The van der Waals surface area contributed by atoms with Gasteiger partial charge in [-0.1, -0.05) is 0 Å². The molecule has 1 unspecified atom stereocenters. The smallest absolute Gasteiger partial charge is 0.252 e. The zero-order valence-electron chi connectivity index (χ0n) is 16.5. The van der Waals surface area contributed by atoms with E-state index in [0.717, 1.165) is 6.54 Å². The van der Waals surface area contributed by atoms with Gasteiger partial charge in [-0.15, -0.1) is 0 Å². The summed E-state index contributed by atoms with van der Waals surface area (Å²) in [5.41, 5.74) is 0. The number of hydrogen-bond donors (Lipinski definition) is 0. The van der Waals surface area contributed by atoms with Crippen molar-refractivity contribution in [2.24, 2.45) is 0 Å². The third-order valence-electron chi connectivity index (χ3n) is 5.09. The molecule has 3 heterocycles. The molecular formula is C18H29FN6O2. The number of rotatable bonds is 5. The molecule has 2 fully saturated rings. The SMILES string of the molecule is CN1CCOC(C(=O)N(C)C[C@@H]2C[C@H](F)CN2c2ccnc(N(C)C)n2)C1. The molecule has 0 bridgehead atoms. The molecule has 3 rings (SSSR count). The number of hydrogen-bond acceptors (Lipinski definition) is 7. The highest BCUT2D eigenvalue weighted by molar-refractivity contribution is 5.81. The molecule has 2 saturated heterocycles. The van der Waals surface area contributed by atoms with E-state index in [0.29, 0.717) is 37.9 Å². The lowest BCUT2D eigenvalue weighted by Gasteiger charge is -2.34. The monoisotopic (exact) mass is 380 g/mol. The predicted octanol–water partition coefficient (Wildman–Crippen LogP) is 0.248. The molecule has 1 amide bonds. The fourth-order valence-electron chi connectivity index (χ4n) is 3.61. The molecular weight excluding hydrogens is 351 g/mol. The van der Waals surface area contributed by atoms with Crippen molar-refractivity contribution in [1.29, 1.82) is 0 Å². The Morgan fingerprint density at radius 1 is 1.37 bits per heavy atom. The molecule has 1 aromatic rings. The molecule has 2 aliphatic heterocycles. The number of carbonyl (C=O) groups is 1. The number of aromatic nitrogens is 2. The maximum atomic E-state index is 14.2. The third-order valence-corrected chi connectivity index (χ3v) is 5.09. The van der Waals surface area contributed by atoms with Gasteiger partial charge in [0.1, 0.15) is 18.1 Å². The zero-order valence-corrected chi connectivity index (χ0v) is 16.5. The zero-order chi connectivity index (χ0) is 19.6. The number of amides is 1. The van der Waals surface area contributed by atoms with Gasteiger partial charge in [0.15, 0.2) is 0 Å². The van der Waals surface area contributed by atoms with Crippen molar-refractivity contribution in [3.63, 3.8) is 0 Å². The highest BCUT2D eigenvalue weighted by Crippen LogP contribution is 2.27. The fourth-order valence-corrected chi connectivity index (χ4v) is 3.61. The summed E-state index contributed by atoms with van der Waals surface area (Å²) < 4.78 is 19.8. The fraction of sp³-hybridized carbons (Fsp3) is 0.722. The lowest BCUT2D eigenvalue weighted by Crippen LogP contribution is -2.51. The summed E-state index contributed by atoms with van der Waals surface area (Å²) in [6, 6.07) is 1.67. The minimum absolute atomic E-state index is 0.0551. The summed E-state index contributed by atoms with van der Waals surface area (Å²) in [5.74, 6) is 1.21. The Morgan fingerprint density at radius 2 is 2.15 bits per heavy atom. The van der Waals surface area contributed by atoms with Crippen LogP contribution < -0.4 is 9.80 Å². The van der Waals surface area contributed by atoms with Gasteiger partial charge in [0.25, 0.3) is 5.91 Å². The van der Waals surface area contributed by atoms with E-state index in [2.05, 4.69) is 14.9 Å². The normalized spacial score (nSPS) is 26.3. The van der Waals surface area contributed by atoms with Crippen LogP contribution in [0, 0.1) is 0 Å². The first-order chi connectivity index (χ1) is 12.8. The average molecular weight is 380 g/mol. The Balaban J connectivity index is 1.69. The first-order valence-corrected chi connectivity index (χ1v) is 9.31. The predicted molar refractivity (Wildman–Crippen MR) is 102 cm³/mol. The Morgan fingerprint density at radius 3 is 2.85 bits per heavy atom. The van der Waals surface area contributed by atoms with Crippen LogP contribution >= 0.6 is 0 Å². The van der Waals surface area contributed by atoms with E-state index in [1.165, 1.54) is 0 Å². The second kappa shape index (κ2) is 8.35. The van der Waals surface area contributed by atoms with E-state index in [9.17, 15) is 9.18 Å². The molecule has 2 aliphatic rings. The first-order valence-electron chi connectivity index (χ1n) is 9.31. The number of likely N-dealkylation sites (N-methyl/N-ethyl adjacent to an activating group) is 2. The maximum absolute atomic E-state index is 14.2. The molecule has 27 heavy (non-hydrogen) atoms. The third kappa shape index (κ3) is 4.65. The minimum atomic E-state index is -0.937. The summed E-state index contributed by atoms with van der Waals surface area (Å²) in [5, 5.41) is 0. The molecule has 0 radical (unpaired) electrons. The topological polar surface area (TPSA) is 65.0 Å². The summed E-state index contributed by atoms with van der Waals surface area (Å²) in [4.78, 5) is 29.0. The van der Waals surface area contributed by atoms with Gasteiger partial charge in [0.05, 0.1) is 19.2 Å². The maximum Gasteiger partial charge on any atom is 0.252 e. The van der Waals surface area contributed by atoms with Gasteiger partial charge in [0, 0.05) is 53.4 Å². The van der Waals surface area contributed by atoms with E-state index in [4.69, 9.17) is 4.74 Å². The van der Waals surface area contributed by atoms with Crippen molar-refractivity contribution in [2.45, 2.75) is 24.7 Å². The van der Waals surface area contributed by atoms with Crippen molar-refractivity contribution in [2.75, 3.05) is 70.8 Å². The van der Waals surface area contributed by atoms with Crippen LogP contribution in [-0.2, 0) is 9.53 Å². The van der Waals surface area contributed by atoms with Gasteiger partial charge in [-0.25, -0.2) is 9.37 Å². The first kappa shape index (κ1) is 19.8. The van der Waals surface area contributed by atoms with E-state index in [-0.39, 0.29) is 18.5 Å².